The minimum absolute atomic E-state index is 0.188. The summed E-state index contributed by atoms with van der Waals surface area (Å²) in [5, 5.41) is 7.57. The maximum Gasteiger partial charge on any atom is 0.337 e. The second-order valence-corrected chi connectivity index (χ2v) is 6.80. The van der Waals surface area contributed by atoms with Gasteiger partial charge in [0.2, 0.25) is 0 Å². The number of benzene rings is 2. The summed E-state index contributed by atoms with van der Waals surface area (Å²) in [4.78, 5) is 28.4. The van der Waals surface area contributed by atoms with Gasteiger partial charge in [-0.3, -0.25) is 4.79 Å². The molecule has 0 bridgehead atoms. The lowest BCUT2D eigenvalue weighted by Gasteiger charge is -2.06. The van der Waals surface area contributed by atoms with Crippen LogP contribution in [0.5, 0.6) is 0 Å². The van der Waals surface area contributed by atoms with Gasteiger partial charge in [-0.25, -0.2) is 14.3 Å². The van der Waals surface area contributed by atoms with Crippen molar-refractivity contribution in [1.82, 2.24) is 14.6 Å². The van der Waals surface area contributed by atoms with Gasteiger partial charge in [-0.05, 0) is 42.5 Å². The number of hydrogen-bond donors (Lipinski definition) is 2. The number of nitrogens with two attached hydrogens (primary N) is 1. The Morgan fingerprint density at radius 1 is 1.10 bits per heavy atom. The summed E-state index contributed by atoms with van der Waals surface area (Å²) < 4.78 is 6.23. The molecule has 1 amide bonds. The Balaban J connectivity index is 1.62. The summed E-state index contributed by atoms with van der Waals surface area (Å²) in [6.07, 6.45) is 1.63. The quantitative estimate of drug-likeness (QED) is 0.384. The lowest BCUT2D eigenvalue weighted by atomic mass is 10.1. The number of nitrogen functional groups attached to an aromatic ring is 1. The molecule has 0 radical (unpaired) electrons. The maximum atomic E-state index is 12.7. The molecule has 8 nitrogen and oxygen atoms in total. The van der Waals surface area contributed by atoms with Crippen molar-refractivity contribution in [3.63, 3.8) is 0 Å². The van der Waals surface area contributed by atoms with Crippen molar-refractivity contribution >= 4 is 40.5 Å². The number of ether oxygens (including phenoxy) is 1. The Bertz CT molecular complexity index is 1270. The molecule has 4 rings (SSSR count). The summed E-state index contributed by atoms with van der Waals surface area (Å²) in [5.41, 5.74) is 9.36. The van der Waals surface area contributed by atoms with Crippen LogP contribution < -0.4 is 11.1 Å². The molecule has 0 saturated heterocycles. The molecule has 4 aromatic rings. The molecule has 2 aromatic heterocycles. The van der Waals surface area contributed by atoms with Crippen molar-refractivity contribution in [3.05, 3.63) is 77.1 Å². The fourth-order valence-corrected chi connectivity index (χ4v) is 3.09. The first-order chi connectivity index (χ1) is 14.5. The molecule has 2 aromatic carbocycles. The van der Waals surface area contributed by atoms with Crippen molar-refractivity contribution < 1.29 is 14.3 Å². The minimum Gasteiger partial charge on any atom is -0.465 e. The molecule has 0 aliphatic heterocycles. The number of halogens is 1. The summed E-state index contributed by atoms with van der Waals surface area (Å²) in [7, 11) is 1.31. The van der Waals surface area contributed by atoms with Crippen LogP contribution in [0.2, 0.25) is 5.02 Å². The molecule has 0 saturated carbocycles. The molecule has 9 heteroatoms. The topological polar surface area (TPSA) is 112 Å². The van der Waals surface area contributed by atoms with Crippen molar-refractivity contribution in [2.24, 2.45) is 0 Å². The SMILES string of the molecule is COC(=O)c1ccc(NC(=O)c2cc3nccc(-c4ccc(N)c(Cl)c4)n3n2)cc1. The highest BCUT2D eigenvalue weighted by Gasteiger charge is 2.15. The predicted molar refractivity (Wildman–Crippen MR) is 114 cm³/mol. The van der Waals surface area contributed by atoms with E-state index in [4.69, 9.17) is 17.3 Å². The molecular formula is C21H16ClN5O3. The van der Waals surface area contributed by atoms with Crippen molar-refractivity contribution in [3.8, 4) is 11.3 Å². The van der Waals surface area contributed by atoms with E-state index >= 15 is 0 Å². The highest BCUT2D eigenvalue weighted by molar-refractivity contribution is 6.33. The van der Waals surface area contributed by atoms with Gasteiger partial charge in [-0.15, -0.1) is 0 Å². The van der Waals surface area contributed by atoms with E-state index < -0.39 is 11.9 Å². The van der Waals surface area contributed by atoms with Crippen molar-refractivity contribution in [1.29, 1.82) is 0 Å². The third-order valence-corrected chi connectivity index (χ3v) is 4.78. The number of esters is 1. The molecule has 0 unspecified atom stereocenters. The first-order valence-corrected chi connectivity index (χ1v) is 9.24. The summed E-state index contributed by atoms with van der Waals surface area (Å²) in [5.74, 6) is -0.859. The van der Waals surface area contributed by atoms with E-state index in [1.165, 1.54) is 7.11 Å². The molecule has 150 valence electrons. The van der Waals surface area contributed by atoms with Gasteiger partial charge < -0.3 is 15.8 Å². The van der Waals surface area contributed by atoms with Crippen molar-refractivity contribution in [2.75, 3.05) is 18.2 Å². The van der Waals surface area contributed by atoms with Crippen LogP contribution in [0.1, 0.15) is 20.8 Å². The van der Waals surface area contributed by atoms with Gasteiger partial charge >= 0.3 is 5.97 Å². The molecule has 30 heavy (non-hydrogen) atoms. The number of rotatable bonds is 4. The molecule has 0 aliphatic carbocycles. The molecule has 0 atom stereocenters. The second-order valence-electron chi connectivity index (χ2n) is 6.39. The van der Waals surface area contributed by atoms with E-state index in [0.29, 0.717) is 33.3 Å². The lowest BCUT2D eigenvalue weighted by molar-refractivity contribution is 0.0600. The van der Waals surface area contributed by atoms with E-state index in [1.54, 1.807) is 59.2 Å². The first kappa shape index (κ1) is 19.4. The van der Waals surface area contributed by atoms with Gasteiger partial charge in [0.15, 0.2) is 11.3 Å². The standard InChI is InChI=1S/C21H16ClN5O3/c1-30-21(29)12-2-5-14(6-3-12)25-20(28)17-11-19-24-9-8-18(27(19)26-17)13-4-7-16(23)15(22)10-13/h2-11H,23H2,1H3,(H,25,28). The van der Waals surface area contributed by atoms with Gasteiger partial charge in [-0.1, -0.05) is 17.7 Å². The summed E-state index contributed by atoms with van der Waals surface area (Å²) in [6, 6.07) is 15.0. The first-order valence-electron chi connectivity index (χ1n) is 8.86. The molecule has 2 heterocycles. The van der Waals surface area contributed by atoms with E-state index in [2.05, 4.69) is 20.1 Å². The van der Waals surface area contributed by atoms with Gasteiger partial charge in [0.1, 0.15) is 0 Å². The number of fused-ring (bicyclic) bond motifs is 1. The minimum atomic E-state index is -0.449. The Hall–Kier alpha value is -3.91. The third kappa shape index (κ3) is 3.68. The number of methoxy groups -OCH3 is 1. The molecule has 0 aliphatic rings. The van der Waals surface area contributed by atoms with Crippen LogP contribution in [0.4, 0.5) is 11.4 Å². The predicted octanol–water partition coefficient (Wildman–Crippen LogP) is 3.67. The van der Waals surface area contributed by atoms with E-state index in [-0.39, 0.29) is 5.69 Å². The van der Waals surface area contributed by atoms with E-state index in [1.807, 2.05) is 6.07 Å². The number of anilines is 2. The van der Waals surface area contributed by atoms with Gasteiger partial charge in [0.25, 0.3) is 5.91 Å². The summed E-state index contributed by atoms with van der Waals surface area (Å²) in [6.45, 7) is 0. The smallest absolute Gasteiger partial charge is 0.337 e. The number of hydrogen-bond acceptors (Lipinski definition) is 6. The average molecular weight is 422 g/mol. The van der Waals surface area contributed by atoms with Crippen LogP contribution in [0, 0.1) is 0 Å². The van der Waals surface area contributed by atoms with Crippen LogP contribution in [0.15, 0.2) is 60.8 Å². The lowest BCUT2D eigenvalue weighted by Crippen LogP contribution is -2.13. The summed E-state index contributed by atoms with van der Waals surface area (Å²) >= 11 is 6.14. The van der Waals surface area contributed by atoms with E-state index in [9.17, 15) is 9.59 Å². The molecule has 3 N–H and O–H groups in total. The van der Waals surface area contributed by atoms with Crippen LogP contribution >= 0.6 is 11.6 Å². The van der Waals surface area contributed by atoms with Crippen molar-refractivity contribution in [2.45, 2.75) is 0 Å². The number of amides is 1. The second kappa shape index (κ2) is 7.84. The van der Waals surface area contributed by atoms with Crippen LogP contribution in [-0.2, 0) is 4.74 Å². The Labute approximate surface area is 176 Å². The van der Waals surface area contributed by atoms with E-state index in [0.717, 1.165) is 5.56 Å². The zero-order valence-corrected chi connectivity index (χ0v) is 16.6. The molecule has 0 spiro atoms. The number of nitrogens with zero attached hydrogens (tertiary/aromatic N) is 3. The maximum absolute atomic E-state index is 12.7. The fourth-order valence-electron chi connectivity index (χ4n) is 2.91. The van der Waals surface area contributed by atoms with Crippen LogP contribution in [0.3, 0.4) is 0 Å². The monoisotopic (exact) mass is 421 g/mol. The largest absolute Gasteiger partial charge is 0.465 e. The normalized spacial score (nSPS) is 10.7. The third-order valence-electron chi connectivity index (χ3n) is 4.45. The highest BCUT2D eigenvalue weighted by atomic mass is 35.5. The van der Waals surface area contributed by atoms with Gasteiger partial charge in [-0.2, -0.15) is 5.10 Å². The molecule has 0 fully saturated rings. The zero-order chi connectivity index (χ0) is 21.3. The van der Waals surface area contributed by atoms with Gasteiger partial charge in [0.05, 0.1) is 29.1 Å². The van der Waals surface area contributed by atoms with Crippen LogP contribution in [0.25, 0.3) is 16.9 Å². The highest BCUT2D eigenvalue weighted by Crippen LogP contribution is 2.27. The average Bonchev–Trinajstić information content (AvgIpc) is 3.20. The number of carbonyl (C=O) groups excluding carboxylic acids is 2. The number of nitrogens with one attached hydrogen (secondary N) is 1. The number of aromatic nitrogens is 3. The fraction of sp³-hybridized carbons (Fsp3) is 0.0476. The molecular weight excluding hydrogens is 406 g/mol. The Morgan fingerprint density at radius 3 is 2.57 bits per heavy atom. The van der Waals surface area contributed by atoms with Gasteiger partial charge in [0, 0.05) is 23.5 Å². The van der Waals surface area contributed by atoms with Crippen LogP contribution in [-0.4, -0.2) is 33.6 Å². The zero-order valence-electron chi connectivity index (χ0n) is 15.8. The number of carbonyl (C=O) groups is 2. The Morgan fingerprint density at radius 2 is 1.87 bits per heavy atom. The Kier molecular flexibility index (Phi) is 5.07.